The van der Waals surface area contributed by atoms with Crippen LogP contribution in [0.25, 0.3) is 11.1 Å². The molecule has 168 valence electrons. The van der Waals surface area contributed by atoms with Crippen molar-refractivity contribution >= 4 is 0 Å². The molecule has 5 heteroatoms. The summed E-state index contributed by atoms with van der Waals surface area (Å²) in [7, 11) is 0. The molecule has 31 heavy (non-hydrogen) atoms. The summed E-state index contributed by atoms with van der Waals surface area (Å²) in [6.07, 6.45) is 10.2. The van der Waals surface area contributed by atoms with E-state index in [9.17, 15) is 22.0 Å². The Kier molecular flexibility index (Phi) is 6.68. The van der Waals surface area contributed by atoms with E-state index in [1.807, 2.05) is 0 Å². The van der Waals surface area contributed by atoms with E-state index in [1.54, 1.807) is 0 Å². The Labute approximate surface area is 180 Å². The van der Waals surface area contributed by atoms with Gasteiger partial charge >= 0.3 is 0 Å². The van der Waals surface area contributed by atoms with Crippen LogP contribution in [0, 0.1) is 46.8 Å². The highest BCUT2D eigenvalue weighted by atomic mass is 19.2. The molecule has 0 saturated heterocycles. The second-order valence-electron chi connectivity index (χ2n) is 9.38. The Morgan fingerprint density at radius 2 is 1.23 bits per heavy atom. The molecule has 0 bridgehead atoms. The highest BCUT2D eigenvalue weighted by Gasteiger charge is 2.32. The average Bonchev–Trinajstić information content (AvgIpc) is 2.79. The smallest absolute Gasteiger partial charge is 0.194 e. The van der Waals surface area contributed by atoms with Gasteiger partial charge in [-0.3, -0.25) is 0 Å². The van der Waals surface area contributed by atoms with E-state index in [-0.39, 0.29) is 17.0 Å². The fourth-order valence-corrected chi connectivity index (χ4v) is 5.78. The molecule has 4 rings (SSSR count). The summed E-state index contributed by atoms with van der Waals surface area (Å²) >= 11 is 0. The maximum Gasteiger partial charge on any atom is 0.194 e. The predicted molar refractivity (Wildman–Crippen MR) is 112 cm³/mol. The van der Waals surface area contributed by atoms with Gasteiger partial charge in [0.1, 0.15) is 0 Å². The Bertz CT molecular complexity index is 899. The van der Waals surface area contributed by atoms with Crippen LogP contribution in [0.5, 0.6) is 0 Å². The molecule has 2 saturated carbocycles. The van der Waals surface area contributed by atoms with E-state index < -0.39 is 29.1 Å². The maximum atomic E-state index is 14.9. The zero-order valence-corrected chi connectivity index (χ0v) is 17.9. The molecular weight excluding hydrogens is 407 g/mol. The van der Waals surface area contributed by atoms with Gasteiger partial charge in [-0.2, -0.15) is 0 Å². The topological polar surface area (TPSA) is 0 Å². The summed E-state index contributed by atoms with van der Waals surface area (Å²) in [5.74, 6) is -4.32. The molecule has 0 N–H and O–H groups in total. The van der Waals surface area contributed by atoms with Crippen LogP contribution in [-0.2, 0) is 0 Å². The summed E-state index contributed by atoms with van der Waals surface area (Å²) in [6, 6.07) is 4.24. The Morgan fingerprint density at radius 1 is 0.677 bits per heavy atom. The van der Waals surface area contributed by atoms with Gasteiger partial charge in [0.15, 0.2) is 29.1 Å². The minimum atomic E-state index is -1.62. The van der Waals surface area contributed by atoms with Crippen LogP contribution >= 0.6 is 0 Å². The first-order valence-corrected chi connectivity index (χ1v) is 11.5. The Hall–Kier alpha value is -1.91. The molecule has 0 spiro atoms. The molecule has 0 atom stereocenters. The van der Waals surface area contributed by atoms with Gasteiger partial charge in [-0.25, -0.2) is 22.0 Å². The van der Waals surface area contributed by atoms with Crippen molar-refractivity contribution in [1.29, 1.82) is 0 Å². The standard InChI is InChI=1S/C26H29F5/c1-2-15-3-5-16(6-4-15)17-7-9-18(10-8-17)20-11-12-21(25(30)24(20)29)19-13-22(27)26(31)23(28)14-19/h11-18H,2-10H2,1H3. The predicted octanol–water partition coefficient (Wildman–Crippen LogP) is 8.54. The van der Waals surface area contributed by atoms with Crippen molar-refractivity contribution in [2.75, 3.05) is 0 Å². The number of benzene rings is 2. The first-order chi connectivity index (χ1) is 14.9. The molecule has 2 fully saturated rings. The first-order valence-electron chi connectivity index (χ1n) is 11.5. The maximum absolute atomic E-state index is 14.9. The minimum Gasteiger partial charge on any atom is -0.204 e. The molecular formula is C26H29F5. The second-order valence-corrected chi connectivity index (χ2v) is 9.38. The zero-order valence-electron chi connectivity index (χ0n) is 17.9. The van der Waals surface area contributed by atoms with Gasteiger partial charge in [-0.1, -0.05) is 38.3 Å². The van der Waals surface area contributed by atoms with Crippen molar-refractivity contribution in [3.05, 3.63) is 58.9 Å². The molecule has 0 aromatic heterocycles. The lowest BCUT2D eigenvalue weighted by Gasteiger charge is -2.38. The van der Waals surface area contributed by atoms with Crippen molar-refractivity contribution in [2.24, 2.45) is 17.8 Å². The summed E-state index contributed by atoms with van der Waals surface area (Å²) in [6.45, 7) is 2.26. The van der Waals surface area contributed by atoms with Gasteiger partial charge in [0.25, 0.3) is 0 Å². The van der Waals surface area contributed by atoms with Gasteiger partial charge in [0.05, 0.1) is 0 Å². The summed E-state index contributed by atoms with van der Waals surface area (Å²) in [5, 5.41) is 0. The molecule has 0 amide bonds. The third-order valence-electron chi connectivity index (χ3n) is 7.75. The van der Waals surface area contributed by atoms with Gasteiger partial charge in [0.2, 0.25) is 0 Å². The Balaban J connectivity index is 1.46. The van der Waals surface area contributed by atoms with Gasteiger partial charge in [-0.15, -0.1) is 0 Å². The molecule has 2 aromatic rings. The molecule has 0 aliphatic heterocycles. The van der Waals surface area contributed by atoms with Gasteiger partial charge in [-0.05, 0) is 85.5 Å². The largest absolute Gasteiger partial charge is 0.204 e. The lowest BCUT2D eigenvalue weighted by Crippen LogP contribution is -2.25. The lowest BCUT2D eigenvalue weighted by molar-refractivity contribution is 0.158. The second kappa shape index (κ2) is 9.30. The van der Waals surface area contributed by atoms with E-state index in [4.69, 9.17) is 0 Å². The number of halogens is 5. The van der Waals surface area contributed by atoms with E-state index >= 15 is 0 Å². The third kappa shape index (κ3) is 4.51. The van der Waals surface area contributed by atoms with E-state index in [1.165, 1.54) is 44.2 Å². The van der Waals surface area contributed by atoms with Crippen LogP contribution in [-0.4, -0.2) is 0 Å². The third-order valence-corrected chi connectivity index (χ3v) is 7.75. The number of hydrogen-bond donors (Lipinski definition) is 0. The Morgan fingerprint density at radius 3 is 1.77 bits per heavy atom. The summed E-state index contributed by atoms with van der Waals surface area (Å²) in [4.78, 5) is 0. The van der Waals surface area contributed by atoms with Crippen LogP contribution in [0.4, 0.5) is 22.0 Å². The average molecular weight is 437 g/mol. The van der Waals surface area contributed by atoms with Crippen molar-refractivity contribution in [3.63, 3.8) is 0 Å². The molecule has 2 aliphatic carbocycles. The number of hydrogen-bond acceptors (Lipinski definition) is 0. The van der Waals surface area contributed by atoms with Crippen LogP contribution in [0.1, 0.15) is 76.2 Å². The minimum absolute atomic E-state index is 0.0477. The highest BCUT2D eigenvalue weighted by Crippen LogP contribution is 2.45. The zero-order chi connectivity index (χ0) is 22.1. The molecule has 0 heterocycles. The monoisotopic (exact) mass is 436 g/mol. The molecule has 0 radical (unpaired) electrons. The van der Waals surface area contributed by atoms with Crippen LogP contribution in [0.2, 0.25) is 0 Å². The lowest BCUT2D eigenvalue weighted by atomic mass is 9.68. The fraction of sp³-hybridized carbons (Fsp3) is 0.538. The summed E-state index contributed by atoms with van der Waals surface area (Å²) in [5.41, 5.74) is -0.149. The van der Waals surface area contributed by atoms with E-state index in [2.05, 4.69) is 6.92 Å². The molecule has 2 aliphatic rings. The molecule has 0 nitrogen and oxygen atoms in total. The van der Waals surface area contributed by atoms with E-state index in [0.717, 1.165) is 37.5 Å². The van der Waals surface area contributed by atoms with Gasteiger partial charge < -0.3 is 0 Å². The van der Waals surface area contributed by atoms with Crippen molar-refractivity contribution < 1.29 is 22.0 Å². The van der Waals surface area contributed by atoms with Crippen LogP contribution in [0.15, 0.2) is 24.3 Å². The van der Waals surface area contributed by atoms with Crippen molar-refractivity contribution in [3.8, 4) is 11.1 Å². The SMILES string of the molecule is CCC1CCC(C2CCC(c3ccc(-c4cc(F)c(F)c(F)c4)c(F)c3F)CC2)CC1. The van der Waals surface area contributed by atoms with Crippen LogP contribution < -0.4 is 0 Å². The quantitative estimate of drug-likeness (QED) is 0.333. The van der Waals surface area contributed by atoms with Crippen molar-refractivity contribution in [2.45, 2.75) is 70.6 Å². The van der Waals surface area contributed by atoms with Crippen LogP contribution in [0.3, 0.4) is 0 Å². The van der Waals surface area contributed by atoms with Gasteiger partial charge in [0, 0.05) is 5.56 Å². The highest BCUT2D eigenvalue weighted by molar-refractivity contribution is 5.65. The number of rotatable bonds is 4. The fourth-order valence-electron chi connectivity index (χ4n) is 5.78. The molecule has 2 aromatic carbocycles. The molecule has 0 unspecified atom stereocenters. The summed E-state index contributed by atoms with van der Waals surface area (Å²) < 4.78 is 70.0. The van der Waals surface area contributed by atoms with E-state index in [0.29, 0.717) is 23.6 Å². The first kappa shape index (κ1) is 22.3. The normalized spacial score (nSPS) is 26.8. The van der Waals surface area contributed by atoms with Crippen molar-refractivity contribution in [1.82, 2.24) is 0 Å².